The molecule has 1 aromatic heterocycles. The topological polar surface area (TPSA) is 84.0 Å². The minimum absolute atomic E-state index is 0.123. The maximum Gasteiger partial charge on any atom is 0.229 e. The largest absolute Gasteiger partial charge is 0.375 e. The molecule has 2 N–H and O–H groups in total. The van der Waals surface area contributed by atoms with Crippen LogP contribution < -0.4 is 10.6 Å². The van der Waals surface area contributed by atoms with Crippen molar-refractivity contribution >= 4 is 11.6 Å². The van der Waals surface area contributed by atoms with E-state index in [-0.39, 0.29) is 28.5 Å². The lowest BCUT2D eigenvalue weighted by molar-refractivity contribution is 0.0964. The standard InChI is InChI=1S/C19H18N4O2/c24-15-10-14(18(25)17-16(15)21-8-9-22-17)23-19(6-7-20-12-19)11-13-4-2-1-3-5-13/h1-5,8-10,20,23H,6-7,11-12H2/t19-/m0/s1. The SMILES string of the molecule is O=C1C=C(N[C@]2(Cc3ccccc3)CCNC2)C(=O)c2nccnc21. The van der Waals surface area contributed by atoms with Gasteiger partial charge in [0.25, 0.3) is 0 Å². The molecule has 0 radical (unpaired) electrons. The normalized spacial score (nSPS) is 22.5. The summed E-state index contributed by atoms with van der Waals surface area (Å²) in [6.07, 6.45) is 5.85. The molecule has 2 heterocycles. The highest BCUT2D eigenvalue weighted by atomic mass is 16.1. The second-order valence-corrected chi connectivity index (χ2v) is 6.50. The Morgan fingerprint density at radius 1 is 1.08 bits per heavy atom. The van der Waals surface area contributed by atoms with Crippen molar-refractivity contribution in [1.29, 1.82) is 0 Å². The average Bonchev–Trinajstić information content (AvgIpc) is 3.08. The molecule has 1 fully saturated rings. The first-order valence-corrected chi connectivity index (χ1v) is 8.31. The number of Topliss-reactive ketones (excluding diaryl/α,β-unsaturated/α-hetero) is 1. The Morgan fingerprint density at radius 3 is 2.56 bits per heavy atom. The number of nitrogens with one attached hydrogen (secondary N) is 2. The van der Waals surface area contributed by atoms with Gasteiger partial charge in [0.1, 0.15) is 11.4 Å². The van der Waals surface area contributed by atoms with Crippen molar-refractivity contribution in [2.45, 2.75) is 18.4 Å². The molecular weight excluding hydrogens is 316 g/mol. The number of hydrogen-bond donors (Lipinski definition) is 2. The Hall–Kier alpha value is -2.86. The molecule has 2 aliphatic rings. The smallest absolute Gasteiger partial charge is 0.229 e. The summed E-state index contributed by atoms with van der Waals surface area (Å²) in [5.74, 6) is -0.562. The molecular formula is C19H18N4O2. The lowest BCUT2D eigenvalue weighted by Crippen LogP contribution is -2.50. The van der Waals surface area contributed by atoms with Crippen molar-refractivity contribution in [3.63, 3.8) is 0 Å². The van der Waals surface area contributed by atoms with Crippen LogP contribution in [0.5, 0.6) is 0 Å². The van der Waals surface area contributed by atoms with Gasteiger partial charge >= 0.3 is 0 Å². The van der Waals surface area contributed by atoms with Gasteiger partial charge in [-0.15, -0.1) is 0 Å². The van der Waals surface area contributed by atoms with Crippen LogP contribution in [0.2, 0.25) is 0 Å². The van der Waals surface area contributed by atoms with Crippen LogP contribution in [0.3, 0.4) is 0 Å². The maximum atomic E-state index is 12.7. The van der Waals surface area contributed by atoms with Gasteiger partial charge in [-0.3, -0.25) is 9.59 Å². The molecule has 126 valence electrons. The van der Waals surface area contributed by atoms with Crippen molar-refractivity contribution in [1.82, 2.24) is 20.6 Å². The van der Waals surface area contributed by atoms with Crippen LogP contribution in [0.25, 0.3) is 0 Å². The number of rotatable bonds is 4. The van der Waals surface area contributed by atoms with E-state index in [1.165, 1.54) is 24.0 Å². The molecule has 1 saturated heterocycles. The van der Waals surface area contributed by atoms with Crippen LogP contribution in [0.1, 0.15) is 33.0 Å². The zero-order valence-electron chi connectivity index (χ0n) is 13.7. The van der Waals surface area contributed by atoms with E-state index in [4.69, 9.17) is 0 Å². The second kappa shape index (κ2) is 6.22. The molecule has 6 heteroatoms. The molecule has 0 amide bonds. The number of benzene rings is 1. The summed E-state index contributed by atoms with van der Waals surface area (Å²) in [5, 5.41) is 6.72. The van der Waals surface area contributed by atoms with Gasteiger partial charge in [-0.25, -0.2) is 9.97 Å². The fraction of sp³-hybridized carbons (Fsp3) is 0.263. The van der Waals surface area contributed by atoms with E-state index < -0.39 is 0 Å². The first-order chi connectivity index (χ1) is 12.2. The summed E-state index contributed by atoms with van der Waals surface area (Å²) in [6.45, 7) is 1.60. The zero-order chi connectivity index (χ0) is 17.3. The Bertz CT molecular complexity index is 855. The fourth-order valence-electron chi connectivity index (χ4n) is 3.49. The summed E-state index contributed by atoms with van der Waals surface area (Å²) in [7, 11) is 0. The van der Waals surface area contributed by atoms with E-state index in [1.54, 1.807) is 0 Å². The van der Waals surface area contributed by atoms with Gasteiger partial charge < -0.3 is 10.6 Å². The maximum absolute atomic E-state index is 12.7. The van der Waals surface area contributed by atoms with Gasteiger partial charge in [0.15, 0.2) is 0 Å². The number of carbonyl (C=O) groups excluding carboxylic acids is 2. The quantitative estimate of drug-likeness (QED) is 0.877. The van der Waals surface area contributed by atoms with Gasteiger partial charge in [-0.05, 0) is 24.9 Å². The third-order valence-corrected chi connectivity index (χ3v) is 4.70. The van der Waals surface area contributed by atoms with Gasteiger partial charge in [-0.1, -0.05) is 30.3 Å². The van der Waals surface area contributed by atoms with Crippen LogP contribution in [0.15, 0.2) is 54.5 Å². The van der Waals surface area contributed by atoms with Gasteiger partial charge in [0.2, 0.25) is 11.6 Å². The van der Waals surface area contributed by atoms with E-state index in [2.05, 4.69) is 32.7 Å². The number of aromatic nitrogens is 2. The molecule has 4 rings (SSSR count). The molecule has 1 aromatic carbocycles. The summed E-state index contributed by atoms with van der Waals surface area (Å²) in [5.41, 5.74) is 1.44. The molecule has 25 heavy (non-hydrogen) atoms. The summed E-state index contributed by atoms with van der Waals surface area (Å²) in [4.78, 5) is 33.1. The first-order valence-electron chi connectivity index (χ1n) is 8.31. The minimum atomic E-state index is -0.303. The molecule has 6 nitrogen and oxygen atoms in total. The average molecular weight is 334 g/mol. The van der Waals surface area contributed by atoms with E-state index >= 15 is 0 Å². The monoisotopic (exact) mass is 334 g/mol. The third kappa shape index (κ3) is 2.96. The van der Waals surface area contributed by atoms with Gasteiger partial charge in [0.05, 0.1) is 11.2 Å². The van der Waals surface area contributed by atoms with Crippen molar-refractivity contribution in [3.8, 4) is 0 Å². The lowest BCUT2D eigenvalue weighted by Gasteiger charge is -2.32. The van der Waals surface area contributed by atoms with E-state index in [0.29, 0.717) is 5.70 Å². The third-order valence-electron chi connectivity index (χ3n) is 4.70. The Morgan fingerprint density at radius 2 is 1.84 bits per heavy atom. The summed E-state index contributed by atoms with van der Waals surface area (Å²) in [6, 6.07) is 10.1. The van der Waals surface area contributed by atoms with Crippen molar-refractivity contribution < 1.29 is 9.59 Å². The molecule has 2 aromatic rings. The molecule has 1 aliphatic heterocycles. The summed E-state index contributed by atoms with van der Waals surface area (Å²) >= 11 is 0. The first kappa shape index (κ1) is 15.7. The van der Waals surface area contributed by atoms with Gasteiger partial charge in [0, 0.05) is 25.0 Å². The number of hydrogen-bond acceptors (Lipinski definition) is 6. The Balaban J connectivity index is 1.63. The number of fused-ring (bicyclic) bond motifs is 1. The highest BCUT2D eigenvalue weighted by molar-refractivity contribution is 6.22. The van der Waals surface area contributed by atoms with E-state index in [9.17, 15) is 9.59 Å². The second-order valence-electron chi connectivity index (χ2n) is 6.50. The minimum Gasteiger partial charge on any atom is -0.375 e. The number of allylic oxidation sites excluding steroid dienone is 2. The van der Waals surface area contributed by atoms with Crippen LogP contribution in [-0.4, -0.2) is 40.2 Å². The zero-order valence-corrected chi connectivity index (χ0v) is 13.7. The number of nitrogens with zero attached hydrogens (tertiary/aromatic N) is 2. The number of ketones is 2. The van der Waals surface area contributed by atoms with Crippen LogP contribution in [0.4, 0.5) is 0 Å². The summed E-state index contributed by atoms with van der Waals surface area (Å²) < 4.78 is 0. The van der Waals surface area contributed by atoms with Crippen LogP contribution in [-0.2, 0) is 6.42 Å². The predicted molar refractivity (Wildman–Crippen MR) is 92.3 cm³/mol. The van der Waals surface area contributed by atoms with Crippen LogP contribution in [0, 0.1) is 0 Å². The predicted octanol–water partition coefficient (Wildman–Crippen LogP) is 1.30. The molecule has 0 spiro atoms. The highest BCUT2D eigenvalue weighted by Gasteiger charge is 2.38. The lowest BCUT2D eigenvalue weighted by atomic mass is 9.88. The fourth-order valence-corrected chi connectivity index (χ4v) is 3.49. The molecule has 0 saturated carbocycles. The highest BCUT2D eigenvalue weighted by Crippen LogP contribution is 2.25. The number of carbonyl (C=O) groups is 2. The van der Waals surface area contributed by atoms with Crippen LogP contribution >= 0.6 is 0 Å². The van der Waals surface area contributed by atoms with Crippen molar-refractivity contribution in [3.05, 3.63) is 71.4 Å². The molecule has 0 unspecified atom stereocenters. The van der Waals surface area contributed by atoms with Crippen molar-refractivity contribution in [2.24, 2.45) is 0 Å². The molecule has 0 bridgehead atoms. The Labute approximate surface area is 145 Å². The van der Waals surface area contributed by atoms with Gasteiger partial charge in [-0.2, -0.15) is 0 Å². The Kier molecular flexibility index (Phi) is 3.89. The molecule has 1 aliphatic carbocycles. The van der Waals surface area contributed by atoms with E-state index in [0.717, 1.165) is 25.9 Å². The van der Waals surface area contributed by atoms with Crippen molar-refractivity contribution in [2.75, 3.05) is 13.1 Å². The van der Waals surface area contributed by atoms with E-state index in [1.807, 2.05) is 18.2 Å². The molecule has 1 atom stereocenters.